The number of hydrogen-bond donors (Lipinski definition) is 2. The van der Waals surface area contributed by atoms with Gasteiger partial charge < -0.3 is 10.5 Å². The minimum atomic E-state index is -0.116. The number of nitrogens with two attached hydrogens (primary N) is 1. The smallest absolute Gasteiger partial charge is 0.238 e. The van der Waals surface area contributed by atoms with E-state index in [4.69, 9.17) is 27.5 Å². The van der Waals surface area contributed by atoms with E-state index >= 15 is 0 Å². The topological polar surface area (TPSA) is 72.0 Å². The first-order valence-corrected chi connectivity index (χ1v) is 7.03. The maximum Gasteiger partial charge on any atom is 0.238 e. The van der Waals surface area contributed by atoms with Crippen LogP contribution in [0.25, 0.3) is 0 Å². The zero-order valence-electron chi connectivity index (χ0n) is 10.2. The number of hydrogen-bond acceptors (Lipinski definition) is 4. The molecule has 0 radical (unpaired) electrons. The van der Waals surface area contributed by atoms with Crippen LogP contribution in [0.15, 0.2) is 41.4 Å². The van der Waals surface area contributed by atoms with E-state index in [-0.39, 0.29) is 16.7 Å². The zero-order chi connectivity index (χ0) is 13.8. The average Bonchev–Trinajstić information content (AvgIpc) is 2.41. The summed E-state index contributed by atoms with van der Waals surface area (Å²) in [4.78, 5) is 5.19. The summed E-state index contributed by atoms with van der Waals surface area (Å²) in [6.45, 7) is 0. The molecule has 0 fully saturated rings. The molecular weight excluding hydrogens is 282 g/mol. The van der Waals surface area contributed by atoms with Crippen molar-refractivity contribution in [1.29, 1.82) is 5.41 Å². The third-order valence-electron chi connectivity index (χ3n) is 2.42. The van der Waals surface area contributed by atoms with Gasteiger partial charge in [0.05, 0.1) is 0 Å². The van der Waals surface area contributed by atoms with Crippen LogP contribution >= 0.6 is 23.4 Å². The SMILES string of the molecule is CSc1ccc(Oc2nccc(C(=N)N)c2Cl)cc1. The van der Waals surface area contributed by atoms with Crippen LogP contribution in [0.3, 0.4) is 0 Å². The summed E-state index contributed by atoms with van der Waals surface area (Å²) < 4.78 is 5.59. The quantitative estimate of drug-likeness (QED) is 0.514. The van der Waals surface area contributed by atoms with E-state index in [1.54, 1.807) is 17.8 Å². The highest BCUT2D eigenvalue weighted by atomic mass is 35.5. The molecule has 1 aromatic heterocycles. The molecule has 6 heteroatoms. The van der Waals surface area contributed by atoms with Crippen molar-refractivity contribution in [3.63, 3.8) is 0 Å². The number of amidine groups is 1. The van der Waals surface area contributed by atoms with E-state index in [1.807, 2.05) is 30.5 Å². The molecular formula is C13H12ClN3OS. The van der Waals surface area contributed by atoms with Crippen molar-refractivity contribution in [3.8, 4) is 11.6 Å². The number of nitrogens with zero attached hydrogens (tertiary/aromatic N) is 1. The Labute approximate surface area is 120 Å². The molecule has 0 aliphatic carbocycles. The number of benzene rings is 1. The van der Waals surface area contributed by atoms with Gasteiger partial charge in [0.2, 0.25) is 5.88 Å². The Balaban J connectivity index is 2.27. The number of rotatable bonds is 4. The highest BCUT2D eigenvalue weighted by Crippen LogP contribution is 2.30. The van der Waals surface area contributed by atoms with Gasteiger partial charge in [0.15, 0.2) is 0 Å². The van der Waals surface area contributed by atoms with E-state index < -0.39 is 0 Å². The number of ether oxygens (including phenoxy) is 1. The van der Waals surface area contributed by atoms with Gasteiger partial charge in [0, 0.05) is 16.7 Å². The van der Waals surface area contributed by atoms with Gasteiger partial charge in [-0.15, -0.1) is 11.8 Å². The molecule has 0 saturated heterocycles. The molecule has 19 heavy (non-hydrogen) atoms. The molecule has 4 nitrogen and oxygen atoms in total. The highest BCUT2D eigenvalue weighted by Gasteiger charge is 2.11. The Morgan fingerprint density at radius 3 is 2.58 bits per heavy atom. The van der Waals surface area contributed by atoms with Crippen molar-refractivity contribution in [1.82, 2.24) is 4.98 Å². The first-order valence-electron chi connectivity index (χ1n) is 5.42. The van der Waals surface area contributed by atoms with Crippen LogP contribution in [0, 0.1) is 5.41 Å². The first kappa shape index (κ1) is 13.7. The van der Waals surface area contributed by atoms with Crippen LogP contribution in [0.1, 0.15) is 5.56 Å². The Morgan fingerprint density at radius 2 is 2.00 bits per heavy atom. The lowest BCUT2D eigenvalue weighted by Gasteiger charge is -2.09. The Morgan fingerprint density at radius 1 is 1.32 bits per heavy atom. The lowest BCUT2D eigenvalue weighted by Crippen LogP contribution is -2.12. The van der Waals surface area contributed by atoms with Crippen LogP contribution in [-0.2, 0) is 0 Å². The number of aromatic nitrogens is 1. The molecule has 0 atom stereocenters. The Kier molecular flexibility index (Phi) is 4.29. The zero-order valence-corrected chi connectivity index (χ0v) is 11.8. The second-order valence-corrected chi connectivity index (χ2v) is 4.93. The predicted molar refractivity (Wildman–Crippen MR) is 78.6 cm³/mol. The molecule has 0 unspecified atom stereocenters. The van der Waals surface area contributed by atoms with Gasteiger partial charge in [0.25, 0.3) is 0 Å². The maximum atomic E-state index is 7.41. The number of nitrogen functional groups attached to an aromatic ring is 1. The largest absolute Gasteiger partial charge is 0.438 e. The molecule has 2 rings (SSSR count). The fraction of sp³-hybridized carbons (Fsp3) is 0.0769. The van der Waals surface area contributed by atoms with Crippen LogP contribution in [-0.4, -0.2) is 17.1 Å². The summed E-state index contributed by atoms with van der Waals surface area (Å²) in [5.74, 6) is 0.758. The lowest BCUT2D eigenvalue weighted by atomic mass is 10.2. The van der Waals surface area contributed by atoms with Crippen LogP contribution < -0.4 is 10.5 Å². The molecule has 3 N–H and O–H groups in total. The first-order chi connectivity index (χ1) is 9.11. The van der Waals surface area contributed by atoms with Crippen molar-refractivity contribution >= 4 is 29.2 Å². The molecule has 0 amide bonds. The summed E-state index contributed by atoms with van der Waals surface area (Å²) in [6.07, 6.45) is 3.51. The third-order valence-corrected chi connectivity index (χ3v) is 3.53. The molecule has 2 aromatic rings. The van der Waals surface area contributed by atoms with Crippen molar-refractivity contribution in [2.24, 2.45) is 5.73 Å². The van der Waals surface area contributed by atoms with Crippen molar-refractivity contribution in [3.05, 3.63) is 47.1 Å². The molecule has 0 spiro atoms. The van der Waals surface area contributed by atoms with Gasteiger partial charge in [-0.25, -0.2) is 4.98 Å². The third kappa shape index (κ3) is 3.19. The van der Waals surface area contributed by atoms with Crippen molar-refractivity contribution in [2.45, 2.75) is 4.90 Å². The average molecular weight is 294 g/mol. The van der Waals surface area contributed by atoms with Crippen LogP contribution in [0.4, 0.5) is 0 Å². The minimum Gasteiger partial charge on any atom is -0.438 e. The standard InChI is InChI=1S/C13H12ClN3OS/c1-19-9-4-2-8(3-5-9)18-13-11(14)10(12(15)16)6-7-17-13/h2-7H,1H3,(H3,15,16). The number of halogens is 1. The summed E-state index contributed by atoms with van der Waals surface area (Å²) in [5, 5.41) is 7.65. The normalized spacial score (nSPS) is 10.2. The van der Waals surface area contributed by atoms with E-state index in [1.165, 1.54) is 6.20 Å². The van der Waals surface area contributed by atoms with Crippen molar-refractivity contribution < 1.29 is 4.74 Å². The highest BCUT2D eigenvalue weighted by molar-refractivity contribution is 7.98. The fourth-order valence-electron chi connectivity index (χ4n) is 1.46. The summed E-state index contributed by atoms with van der Waals surface area (Å²) >= 11 is 7.75. The molecule has 0 aliphatic rings. The fourth-order valence-corrected chi connectivity index (χ4v) is 2.12. The van der Waals surface area contributed by atoms with Gasteiger partial charge in [-0.3, -0.25) is 5.41 Å². The lowest BCUT2D eigenvalue weighted by molar-refractivity contribution is 0.462. The van der Waals surface area contributed by atoms with Crippen molar-refractivity contribution in [2.75, 3.05) is 6.26 Å². The molecule has 0 bridgehead atoms. The van der Waals surface area contributed by atoms with Gasteiger partial charge >= 0.3 is 0 Å². The van der Waals surface area contributed by atoms with Gasteiger partial charge in [-0.2, -0.15) is 0 Å². The number of pyridine rings is 1. The monoisotopic (exact) mass is 293 g/mol. The van der Waals surface area contributed by atoms with Crippen LogP contribution in [0.5, 0.6) is 11.6 Å². The second kappa shape index (κ2) is 5.95. The van der Waals surface area contributed by atoms with E-state index in [0.717, 1.165) is 4.90 Å². The predicted octanol–water partition coefficient (Wildman–Crippen LogP) is 3.53. The van der Waals surface area contributed by atoms with Gasteiger partial charge in [-0.05, 0) is 36.6 Å². The molecule has 98 valence electrons. The Hall–Kier alpha value is -1.72. The summed E-state index contributed by atoms with van der Waals surface area (Å²) in [5.41, 5.74) is 5.84. The van der Waals surface area contributed by atoms with Crippen LogP contribution in [0.2, 0.25) is 5.02 Å². The number of thioether (sulfide) groups is 1. The molecule has 1 aromatic carbocycles. The summed E-state index contributed by atoms with van der Waals surface area (Å²) in [6, 6.07) is 9.15. The van der Waals surface area contributed by atoms with E-state index in [9.17, 15) is 0 Å². The van der Waals surface area contributed by atoms with E-state index in [0.29, 0.717) is 11.3 Å². The van der Waals surface area contributed by atoms with Gasteiger partial charge in [-0.1, -0.05) is 11.6 Å². The number of nitrogens with one attached hydrogen (secondary N) is 1. The van der Waals surface area contributed by atoms with E-state index in [2.05, 4.69) is 4.98 Å². The molecule has 1 heterocycles. The van der Waals surface area contributed by atoms with Gasteiger partial charge in [0.1, 0.15) is 16.6 Å². The second-order valence-electron chi connectivity index (χ2n) is 3.67. The Bertz CT molecular complexity index is 601. The molecule has 0 aliphatic heterocycles. The minimum absolute atomic E-state index is 0.116. The molecule has 0 saturated carbocycles. The summed E-state index contributed by atoms with van der Waals surface area (Å²) in [7, 11) is 0. The maximum absolute atomic E-state index is 7.41.